The quantitative estimate of drug-likeness (QED) is 0.342. The molecule has 0 atom stereocenters. The molecule has 4 rings (SSSR count). The molecule has 0 fully saturated rings. The first kappa shape index (κ1) is 19.7. The highest BCUT2D eigenvalue weighted by molar-refractivity contribution is 5.91. The summed E-state index contributed by atoms with van der Waals surface area (Å²) >= 11 is 0. The third-order valence-corrected chi connectivity index (χ3v) is 5.15. The van der Waals surface area contributed by atoms with Crippen LogP contribution in [0, 0.1) is 20.8 Å². The average Bonchev–Trinajstić information content (AvgIpc) is 2.73. The second-order valence-electron chi connectivity index (χ2n) is 7.92. The number of nitrogens with one attached hydrogen (secondary N) is 1. The van der Waals surface area contributed by atoms with Crippen LogP contribution in [0.25, 0.3) is 11.6 Å². The molecule has 4 aromatic rings. The van der Waals surface area contributed by atoms with Crippen LogP contribution in [-0.4, -0.2) is 0 Å². The molecule has 0 heterocycles. The zero-order valence-electron chi connectivity index (χ0n) is 17.8. The Morgan fingerprint density at radius 2 is 1.27 bits per heavy atom. The second kappa shape index (κ2) is 8.84. The van der Waals surface area contributed by atoms with Crippen LogP contribution < -0.4 is 5.32 Å². The number of rotatable bonds is 5. The van der Waals surface area contributed by atoms with Gasteiger partial charge in [0.25, 0.3) is 0 Å². The monoisotopic (exact) mass is 389 g/mol. The Morgan fingerprint density at radius 3 is 1.93 bits per heavy atom. The van der Waals surface area contributed by atoms with Crippen molar-refractivity contribution in [1.82, 2.24) is 0 Å². The molecule has 148 valence electrons. The lowest BCUT2D eigenvalue weighted by Crippen LogP contribution is -1.92. The molecular formula is C29H27N. The summed E-state index contributed by atoms with van der Waals surface area (Å²) in [5, 5.41) is 3.48. The van der Waals surface area contributed by atoms with E-state index in [0.29, 0.717) is 0 Å². The number of benzene rings is 4. The first-order valence-electron chi connectivity index (χ1n) is 10.4. The zero-order chi connectivity index (χ0) is 20.9. The normalized spacial score (nSPS) is 11.4. The summed E-state index contributed by atoms with van der Waals surface area (Å²) in [7, 11) is 0. The molecule has 4 aromatic carbocycles. The van der Waals surface area contributed by atoms with Gasteiger partial charge in [-0.25, -0.2) is 0 Å². The van der Waals surface area contributed by atoms with Gasteiger partial charge in [-0.2, -0.15) is 0 Å². The Hall–Kier alpha value is -3.58. The van der Waals surface area contributed by atoms with Crippen molar-refractivity contribution < 1.29 is 0 Å². The van der Waals surface area contributed by atoms with Gasteiger partial charge in [0.2, 0.25) is 0 Å². The maximum absolute atomic E-state index is 3.48. The lowest BCUT2D eigenvalue weighted by molar-refractivity contribution is 1.36. The lowest BCUT2D eigenvalue weighted by atomic mass is 9.93. The van der Waals surface area contributed by atoms with Gasteiger partial charge >= 0.3 is 0 Å². The topological polar surface area (TPSA) is 12.0 Å². The van der Waals surface area contributed by atoms with E-state index in [9.17, 15) is 0 Å². The maximum Gasteiger partial charge on any atom is 0.0386 e. The van der Waals surface area contributed by atoms with E-state index < -0.39 is 0 Å². The molecule has 1 nitrogen and oxygen atoms in total. The van der Waals surface area contributed by atoms with Gasteiger partial charge in [0.05, 0.1) is 0 Å². The minimum atomic E-state index is 1.09. The van der Waals surface area contributed by atoms with Gasteiger partial charge in [-0.05, 0) is 78.9 Å². The van der Waals surface area contributed by atoms with Gasteiger partial charge in [-0.1, -0.05) is 83.9 Å². The van der Waals surface area contributed by atoms with Crippen molar-refractivity contribution in [3.8, 4) is 0 Å². The highest BCUT2D eigenvalue weighted by atomic mass is 14.9. The van der Waals surface area contributed by atoms with Crippen molar-refractivity contribution in [1.29, 1.82) is 0 Å². The Labute approximate surface area is 179 Å². The highest BCUT2D eigenvalue weighted by Gasteiger charge is 2.07. The van der Waals surface area contributed by atoms with Gasteiger partial charge in [0.15, 0.2) is 0 Å². The number of hydrogen-bond donors (Lipinski definition) is 1. The lowest BCUT2D eigenvalue weighted by Gasteiger charge is -2.12. The molecule has 30 heavy (non-hydrogen) atoms. The molecule has 1 heteroatoms. The fourth-order valence-electron chi connectivity index (χ4n) is 3.80. The second-order valence-corrected chi connectivity index (χ2v) is 7.92. The van der Waals surface area contributed by atoms with E-state index in [1.165, 1.54) is 39.0 Å². The van der Waals surface area contributed by atoms with Crippen molar-refractivity contribution >= 4 is 23.0 Å². The van der Waals surface area contributed by atoms with Crippen LogP contribution in [0.4, 0.5) is 11.4 Å². The van der Waals surface area contributed by atoms with Crippen molar-refractivity contribution in [2.45, 2.75) is 20.8 Å². The van der Waals surface area contributed by atoms with Crippen LogP contribution >= 0.6 is 0 Å². The molecule has 0 amide bonds. The van der Waals surface area contributed by atoms with Crippen molar-refractivity contribution in [2.24, 2.45) is 0 Å². The highest BCUT2D eigenvalue weighted by Crippen LogP contribution is 2.28. The SMILES string of the molecule is Cc1cccc(Nc2ccc(/C=C(\c3ccccc3)c3cc(C)cc(C)c3)cc2)c1. The molecule has 1 N–H and O–H groups in total. The van der Waals surface area contributed by atoms with E-state index in [-0.39, 0.29) is 0 Å². The molecule has 0 saturated heterocycles. The van der Waals surface area contributed by atoms with Crippen LogP contribution in [0.1, 0.15) is 33.4 Å². The van der Waals surface area contributed by atoms with Crippen molar-refractivity contribution in [3.05, 3.63) is 130 Å². The molecule has 0 bridgehead atoms. The van der Waals surface area contributed by atoms with Gasteiger partial charge in [-0.3, -0.25) is 0 Å². The molecule has 0 aliphatic heterocycles. The Morgan fingerprint density at radius 1 is 0.567 bits per heavy atom. The van der Waals surface area contributed by atoms with Crippen molar-refractivity contribution in [3.63, 3.8) is 0 Å². The summed E-state index contributed by atoms with van der Waals surface area (Å²) in [6, 6.07) is 34.4. The molecule has 0 saturated carbocycles. The molecular weight excluding hydrogens is 362 g/mol. The molecule has 0 aliphatic rings. The van der Waals surface area contributed by atoms with Gasteiger partial charge < -0.3 is 5.32 Å². The summed E-state index contributed by atoms with van der Waals surface area (Å²) < 4.78 is 0. The Balaban J connectivity index is 1.68. The summed E-state index contributed by atoms with van der Waals surface area (Å²) in [5.41, 5.74) is 10.9. The summed E-state index contributed by atoms with van der Waals surface area (Å²) in [6.45, 7) is 6.42. The number of hydrogen-bond acceptors (Lipinski definition) is 1. The van der Waals surface area contributed by atoms with Crippen molar-refractivity contribution in [2.75, 3.05) is 5.32 Å². The molecule has 0 spiro atoms. The van der Waals surface area contributed by atoms with E-state index in [4.69, 9.17) is 0 Å². The average molecular weight is 390 g/mol. The van der Waals surface area contributed by atoms with E-state index in [1.54, 1.807) is 0 Å². The number of anilines is 2. The van der Waals surface area contributed by atoms with Gasteiger partial charge in [0.1, 0.15) is 0 Å². The molecule has 0 aliphatic carbocycles. The first-order valence-corrected chi connectivity index (χ1v) is 10.4. The van der Waals surface area contributed by atoms with Crippen LogP contribution in [-0.2, 0) is 0 Å². The summed E-state index contributed by atoms with van der Waals surface area (Å²) in [6.07, 6.45) is 2.28. The van der Waals surface area contributed by atoms with E-state index in [2.05, 4.69) is 129 Å². The molecule has 0 radical (unpaired) electrons. The third kappa shape index (κ3) is 4.87. The van der Waals surface area contributed by atoms with Crippen LogP contribution in [0.2, 0.25) is 0 Å². The van der Waals surface area contributed by atoms with Crippen LogP contribution in [0.3, 0.4) is 0 Å². The molecule has 0 aromatic heterocycles. The summed E-state index contributed by atoms with van der Waals surface area (Å²) in [4.78, 5) is 0. The standard InChI is InChI=1S/C29H27N/c1-21-8-7-11-28(19-21)30-27-14-12-24(13-15-27)20-29(25-9-5-4-6-10-25)26-17-22(2)16-23(3)18-26/h4-20,30H,1-3H3/b29-20+. The maximum atomic E-state index is 3.48. The van der Waals surface area contributed by atoms with Gasteiger partial charge in [0, 0.05) is 11.4 Å². The predicted molar refractivity (Wildman–Crippen MR) is 130 cm³/mol. The first-order chi connectivity index (χ1) is 14.6. The zero-order valence-corrected chi connectivity index (χ0v) is 17.8. The fourth-order valence-corrected chi connectivity index (χ4v) is 3.80. The van der Waals surface area contributed by atoms with E-state index in [1.807, 2.05) is 0 Å². The minimum Gasteiger partial charge on any atom is -0.356 e. The van der Waals surface area contributed by atoms with E-state index in [0.717, 1.165) is 11.4 Å². The number of aryl methyl sites for hydroxylation is 3. The Kier molecular flexibility index (Phi) is 5.81. The van der Waals surface area contributed by atoms with Crippen LogP contribution in [0.5, 0.6) is 0 Å². The summed E-state index contributed by atoms with van der Waals surface area (Å²) in [5.74, 6) is 0. The third-order valence-electron chi connectivity index (χ3n) is 5.15. The smallest absolute Gasteiger partial charge is 0.0386 e. The van der Waals surface area contributed by atoms with Crippen LogP contribution in [0.15, 0.2) is 97.1 Å². The van der Waals surface area contributed by atoms with Gasteiger partial charge in [-0.15, -0.1) is 0 Å². The predicted octanol–water partition coefficient (Wildman–Crippen LogP) is 7.94. The molecule has 0 unspecified atom stereocenters. The van der Waals surface area contributed by atoms with E-state index >= 15 is 0 Å². The fraction of sp³-hybridized carbons (Fsp3) is 0.103. The minimum absolute atomic E-state index is 1.09. The Bertz CT molecular complexity index is 1150. The largest absolute Gasteiger partial charge is 0.356 e.